The molecule has 1 aromatic carbocycles. The number of aryl methyl sites for hydroxylation is 1. The van der Waals surface area contributed by atoms with Gasteiger partial charge in [0.05, 0.1) is 29.2 Å². The number of amides is 1. The normalized spacial score (nSPS) is 16.7. The summed E-state index contributed by atoms with van der Waals surface area (Å²) >= 11 is 6.28. The first-order valence-electron chi connectivity index (χ1n) is 7.69. The van der Waals surface area contributed by atoms with E-state index in [-0.39, 0.29) is 11.9 Å². The number of carbonyl (C=O) groups is 1. The van der Waals surface area contributed by atoms with Crippen LogP contribution in [0.25, 0.3) is 0 Å². The zero-order valence-corrected chi connectivity index (χ0v) is 13.9. The first-order chi connectivity index (χ1) is 11.6. The molecule has 4 rings (SSSR count). The van der Waals surface area contributed by atoms with Gasteiger partial charge in [-0.3, -0.25) is 14.6 Å². The van der Waals surface area contributed by atoms with E-state index in [9.17, 15) is 4.79 Å². The molecule has 1 aliphatic heterocycles. The van der Waals surface area contributed by atoms with E-state index in [1.807, 2.05) is 42.4 Å². The topological polar surface area (TPSA) is 66.8 Å². The zero-order valence-electron chi connectivity index (χ0n) is 13.1. The Balaban J connectivity index is 1.73. The van der Waals surface area contributed by atoms with Gasteiger partial charge >= 0.3 is 0 Å². The SMILES string of the molecule is Cn1ncc(Cl)c1CC1c2ccccc2C(=O)N1Cc1cn[nH]c1. The lowest BCUT2D eigenvalue weighted by Gasteiger charge is -2.25. The highest BCUT2D eigenvalue weighted by Crippen LogP contribution is 2.37. The standard InChI is InChI=1S/C17H16ClN5O/c1-22-16(14(18)9-21-22)6-15-12-4-2-3-5-13(12)17(24)23(15)10-11-7-19-20-8-11/h2-5,7-9,15H,6,10H2,1H3,(H,19,20). The van der Waals surface area contributed by atoms with Gasteiger partial charge in [0.15, 0.2) is 0 Å². The van der Waals surface area contributed by atoms with Crippen molar-refractivity contribution in [3.8, 4) is 0 Å². The van der Waals surface area contributed by atoms with Gasteiger partial charge in [-0.15, -0.1) is 0 Å². The molecule has 0 radical (unpaired) electrons. The first kappa shape index (κ1) is 15.0. The predicted molar refractivity (Wildman–Crippen MR) is 89.6 cm³/mol. The second-order valence-corrected chi connectivity index (χ2v) is 6.32. The third-order valence-electron chi connectivity index (χ3n) is 4.49. The molecule has 0 aliphatic carbocycles. The van der Waals surface area contributed by atoms with Crippen LogP contribution in [-0.2, 0) is 20.0 Å². The van der Waals surface area contributed by atoms with Crippen LogP contribution in [0.4, 0.5) is 0 Å². The zero-order chi connectivity index (χ0) is 16.7. The van der Waals surface area contributed by atoms with Crippen LogP contribution in [0.1, 0.15) is 33.2 Å². The number of halogens is 1. The Bertz CT molecular complexity index is 867. The number of hydrogen-bond acceptors (Lipinski definition) is 3. The molecule has 1 aliphatic rings. The predicted octanol–water partition coefficient (Wildman–Crippen LogP) is 2.74. The second kappa shape index (κ2) is 5.79. The van der Waals surface area contributed by atoms with E-state index in [4.69, 9.17) is 11.6 Å². The molecule has 24 heavy (non-hydrogen) atoms. The summed E-state index contributed by atoms with van der Waals surface area (Å²) in [5.41, 5.74) is 3.67. The van der Waals surface area contributed by atoms with Crippen LogP contribution < -0.4 is 0 Å². The maximum atomic E-state index is 12.9. The molecule has 1 N–H and O–H groups in total. The van der Waals surface area contributed by atoms with Crippen molar-refractivity contribution in [3.05, 3.63) is 70.3 Å². The molecule has 6 nitrogen and oxygen atoms in total. The number of rotatable bonds is 4. The number of aromatic nitrogens is 4. The van der Waals surface area contributed by atoms with E-state index < -0.39 is 0 Å². The van der Waals surface area contributed by atoms with Gasteiger partial charge in [-0.25, -0.2) is 0 Å². The molecule has 3 heterocycles. The molecule has 0 spiro atoms. The van der Waals surface area contributed by atoms with Crippen LogP contribution >= 0.6 is 11.6 Å². The maximum Gasteiger partial charge on any atom is 0.255 e. The Morgan fingerprint density at radius 2 is 2.12 bits per heavy atom. The van der Waals surface area contributed by atoms with Crippen LogP contribution in [0, 0.1) is 0 Å². The van der Waals surface area contributed by atoms with E-state index >= 15 is 0 Å². The lowest BCUT2D eigenvalue weighted by molar-refractivity contribution is 0.0708. The van der Waals surface area contributed by atoms with Crippen molar-refractivity contribution in [1.29, 1.82) is 0 Å². The molecule has 0 saturated carbocycles. The van der Waals surface area contributed by atoms with Crippen molar-refractivity contribution >= 4 is 17.5 Å². The van der Waals surface area contributed by atoms with Crippen molar-refractivity contribution in [2.75, 3.05) is 0 Å². The van der Waals surface area contributed by atoms with Gasteiger partial charge in [-0.1, -0.05) is 29.8 Å². The highest BCUT2D eigenvalue weighted by Gasteiger charge is 2.37. The number of benzene rings is 1. The van der Waals surface area contributed by atoms with Gasteiger partial charge in [-0.2, -0.15) is 10.2 Å². The van der Waals surface area contributed by atoms with Gasteiger partial charge < -0.3 is 4.90 Å². The Labute approximate surface area is 144 Å². The number of H-pyrrole nitrogens is 1. The third-order valence-corrected chi connectivity index (χ3v) is 4.81. The Morgan fingerprint density at radius 3 is 2.83 bits per heavy atom. The average molecular weight is 342 g/mol. The van der Waals surface area contributed by atoms with Crippen LogP contribution in [0.3, 0.4) is 0 Å². The third kappa shape index (κ3) is 2.39. The molecule has 122 valence electrons. The Kier molecular flexibility index (Phi) is 3.61. The summed E-state index contributed by atoms with van der Waals surface area (Å²) in [6.45, 7) is 0.504. The Morgan fingerprint density at radius 1 is 1.29 bits per heavy atom. The molecule has 1 unspecified atom stereocenters. The van der Waals surface area contributed by atoms with E-state index in [2.05, 4.69) is 15.3 Å². The summed E-state index contributed by atoms with van der Waals surface area (Å²) in [5.74, 6) is 0.0371. The fourth-order valence-corrected chi connectivity index (χ4v) is 3.50. The molecule has 3 aromatic rings. The summed E-state index contributed by atoms with van der Waals surface area (Å²) in [6, 6.07) is 7.68. The lowest BCUT2D eigenvalue weighted by atomic mass is 10.0. The second-order valence-electron chi connectivity index (χ2n) is 5.91. The molecule has 2 aromatic heterocycles. The number of carbonyl (C=O) groups excluding carboxylic acids is 1. The van der Waals surface area contributed by atoms with Gasteiger partial charge in [0, 0.05) is 37.3 Å². The number of aromatic amines is 1. The quantitative estimate of drug-likeness (QED) is 0.793. The van der Waals surface area contributed by atoms with Crippen molar-refractivity contribution in [3.63, 3.8) is 0 Å². The van der Waals surface area contributed by atoms with E-state index in [0.29, 0.717) is 18.0 Å². The number of nitrogens with zero attached hydrogens (tertiary/aromatic N) is 4. The molecule has 0 bridgehead atoms. The van der Waals surface area contributed by atoms with E-state index in [0.717, 1.165) is 22.4 Å². The smallest absolute Gasteiger partial charge is 0.255 e. The highest BCUT2D eigenvalue weighted by atomic mass is 35.5. The van der Waals surface area contributed by atoms with Crippen molar-refractivity contribution in [1.82, 2.24) is 24.9 Å². The Hall–Kier alpha value is -2.60. The minimum atomic E-state index is -0.0727. The molecular formula is C17H16ClN5O. The first-order valence-corrected chi connectivity index (χ1v) is 8.07. The molecule has 0 saturated heterocycles. The fraction of sp³-hybridized carbons (Fsp3) is 0.235. The van der Waals surface area contributed by atoms with Crippen LogP contribution in [0.2, 0.25) is 5.02 Å². The van der Waals surface area contributed by atoms with E-state index in [1.54, 1.807) is 17.1 Å². The highest BCUT2D eigenvalue weighted by molar-refractivity contribution is 6.31. The van der Waals surface area contributed by atoms with Crippen molar-refractivity contribution < 1.29 is 4.79 Å². The average Bonchev–Trinajstić information content (AvgIpc) is 3.27. The fourth-order valence-electron chi connectivity index (χ4n) is 3.26. The summed E-state index contributed by atoms with van der Waals surface area (Å²) in [4.78, 5) is 14.7. The van der Waals surface area contributed by atoms with Crippen LogP contribution in [-0.4, -0.2) is 30.8 Å². The number of fused-ring (bicyclic) bond motifs is 1. The van der Waals surface area contributed by atoms with Gasteiger partial charge in [0.1, 0.15) is 0 Å². The van der Waals surface area contributed by atoms with E-state index in [1.165, 1.54) is 0 Å². The minimum absolute atomic E-state index is 0.0371. The monoisotopic (exact) mass is 341 g/mol. The summed E-state index contributed by atoms with van der Waals surface area (Å²) in [7, 11) is 1.87. The number of hydrogen-bond donors (Lipinski definition) is 1. The van der Waals surface area contributed by atoms with Gasteiger partial charge in [0.25, 0.3) is 5.91 Å². The summed E-state index contributed by atoms with van der Waals surface area (Å²) < 4.78 is 1.77. The minimum Gasteiger partial charge on any atom is -0.327 e. The van der Waals surface area contributed by atoms with Crippen molar-refractivity contribution in [2.24, 2.45) is 7.05 Å². The summed E-state index contributed by atoms with van der Waals surface area (Å²) in [5, 5.41) is 11.6. The molecule has 1 atom stereocenters. The largest absolute Gasteiger partial charge is 0.327 e. The molecule has 1 amide bonds. The van der Waals surface area contributed by atoms with Gasteiger partial charge in [-0.05, 0) is 11.6 Å². The lowest BCUT2D eigenvalue weighted by Crippen LogP contribution is -2.29. The van der Waals surface area contributed by atoms with Crippen molar-refractivity contribution in [2.45, 2.75) is 19.0 Å². The van der Waals surface area contributed by atoms with Crippen LogP contribution in [0.5, 0.6) is 0 Å². The molecule has 7 heteroatoms. The summed E-state index contributed by atoms with van der Waals surface area (Å²) in [6.07, 6.45) is 5.81. The van der Waals surface area contributed by atoms with Gasteiger partial charge in [0.2, 0.25) is 0 Å². The maximum absolute atomic E-state index is 12.9. The molecule has 0 fully saturated rings. The van der Waals surface area contributed by atoms with Crippen LogP contribution in [0.15, 0.2) is 42.9 Å². The number of nitrogens with one attached hydrogen (secondary N) is 1. The molecular weight excluding hydrogens is 326 g/mol.